The van der Waals surface area contributed by atoms with Crippen molar-refractivity contribution in [3.05, 3.63) is 35.9 Å². The van der Waals surface area contributed by atoms with E-state index in [-0.39, 0.29) is 12.3 Å². The summed E-state index contributed by atoms with van der Waals surface area (Å²) in [5.74, 6) is -1.23. The molecule has 0 aliphatic rings. The second-order valence-electron chi connectivity index (χ2n) is 3.91. The van der Waals surface area contributed by atoms with Gasteiger partial charge in [-0.15, -0.1) is 0 Å². The summed E-state index contributed by atoms with van der Waals surface area (Å²) in [4.78, 5) is 22.5. The van der Waals surface area contributed by atoms with Gasteiger partial charge in [0.25, 0.3) is 0 Å². The van der Waals surface area contributed by atoms with Crippen LogP contribution in [0.4, 0.5) is 0 Å². The first kappa shape index (κ1) is 13.2. The molecule has 0 saturated carbocycles. The zero-order chi connectivity index (χ0) is 12.7. The number of carboxylic acids is 1. The average Bonchev–Trinajstić information content (AvgIpc) is 2.29. The molecule has 0 bridgehead atoms. The second kappa shape index (κ2) is 6.68. The lowest BCUT2D eigenvalue weighted by atomic mass is 10.1. The molecule has 0 radical (unpaired) electrons. The summed E-state index contributed by atoms with van der Waals surface area (Å²) in [5, 5.41) is 11.4. The molecule has 0 saturated heterocycles. The summed E-state index contributed by atoms with van der Waals surface area (Å²) >= 11 is 0. The third-order valence-electron chi connectivity index (χ3n) is 2.42. The lowest BCUT2D eigenvalue weighted by molar-refractivity contribution is -0.141. The highest BCUT2D eigenvalue weighted by molar-refractivity contribution is 5.84. The summed E-state index contributed by atoms with van der Waals surface area (Å²) in [5.41, 5.74) is 0.880. The Labute approximate surface area is 101 Å². The van der Waals surface area contributed by atoms with Crippen LogP contribution < -0.4 is 5.32 Å². The molecule has 1 atom stereocenters. The highest BCUT2D eigenvalue weighted by atomic mass is 16.4. The Morgan fingerprint density at radius 3 is 2.47 bits per heavy atom. The predicted molar refractivity (Wildman–Crippen MR) is 64.6 cm³/mol. The number of hydrogen-bond acceptors (Lipinski definition) is 2. The van der Waals surface area contributed by atoms with Crippen LogP contribution in [0.15, 0.2) is 30.3 Å². The first-order valence-electron chi connectivity index (χ1n) is 5.69. The molecule has 1 amide bonds. The number of carbonyl (C=O) groups excluding carboxylic acids is 1. The number of carbonyl (C=O) groups is 2. The van der Waals surface area contributed by atoms with E-state index in [4.69, 9.17) is 5.11 Å². The van der Waals surface area contributed by atoms with Crippen molar-refractivity contribution in [3.8, 4) is 0 Å². The highest BCUT2D eigenvalue weighted by Gasteiger charge is 2.18. The minimum Gasteiger partial charge on any atom is -0.480 e. The van der Waals surface area contributed by atoms with E-state index in [0.29, 0.717) is 6.42 Å². The lowest BCUT2D eigenvalue weighted by Gasteiger charge is -2.13. The normalized spacial score (nSPS) is 11.8. The molecule has 0 heterocycles. The second-order valence-corrected chi connectivity index (χ2v) is 3.91. The van der Waals surface area contributed by atoms with E-state index in [2.05, 4.69) is 5.32 Å². The van der Waals surface area contributed by atoms with E-state index < -0.39 is 12.0 Å². The van der Waals surface area contributed by atoms with Gasteiger partial charge < -0.3 is 10.4 Å². The van der Waals surface area contributed by atoms with Crippen LogP contribution in [0.2, 0.25) is 0 Å². The van der Waals surface area contributed by atoms with Crippen LogP contribution >= 0.6 is 0 Å². The van der Waals surface area contributed by atoms with Gasteiger partial charge in [-0.2, -0.15) is 0 Å². The molecule has 0 aliphatic carbocycles. The predicted octanol–water partition coefficient (Wildman–Crippen LogP) is 1.60. The van der Waals surface area contributed by atoms with Gasteiger partial charge in [0.05, 0.1) is 6.42 Å². The van der Waals surface area contributed by atoms with Crippen LogP contribution in [0.5, 0.6) is 0 Å². The van der Waals surface area contributed by atoms with Crippen LogP contribution in [0.1, 0.15) is 25.3 Å². The quantitative estimate of drug-likeness (QED) is 0.787. The Kier molecular flexibility index (Phi) is 5.20. The zero-order valence-electron chi connectivity index (χ0n) is 9.85. The highest BCUT2D eigenvalue weighted by Crippen LogP contribution is 2.01. The van der Waals surface area contributed by atoms with Gasteiger partial charge in [-0.1, -0.05) is 43.7 Å². The third kappa shape index (κ3) is 4.68. The SMILES string of the molecule is CCC[C@@H](NC(=O)Cc1ccccc1)C(=O)O. The molecule has 17 heavy (non-hydrogen) atoms. The maximum atomic E-state index is 11.6. The Morgan fingerprint density at radius 1 is 1.29 bits per heavy atom. The summed E-state index contributed by atoms with van der Waals surface area (Å²) in [6, 6.07) is 8.48. The van der Waals surface area contributed by atoms with Gasteiger partial charge in [-0.05, 0) is 12.0 Å². The zero-order valence-corrected chi connectivity index (χ0v) is 9.85. The van der Waals surface area contributed by atoms with Crippen LogP contribution in [0.25, 0.3) is 0 Å². The fraction of sp³-hybridized carbons (Fsp3) is 0.385. The molecule has 4 nitrogen and oxygen atoms in total. The molecule has 0 aromatic heterocycles. The number of amides is 1. The topological polar surface area (TPSA) is 66.4 Å². The number of rotatable bonds is 6. The van der Waals surface area contributed by atoms with Crippen molar-refractivity contribution in [1.82, 2.24) is 5.32 Å². The molecule has 0 fully saturated rings. The summed E-state index contributed by atoms with van der Waals surface area (Å²) in [6.07, 6.45) is 1.40. The maximum absolute atomic E-state index is 11.6. The van der Waals surface area contributed by atoms with Crippen molar-refractivity contribution in [3.63, 3.8) is 0 Å². The van der Waals surface area contributed by atoms with Crippen LogP contribution in [-0.2, 0) is 16.0 Å². The largest absolute Gasteiger partial charge is 0.480 e. The molecule has 2 N–H and O–H groups in total. The third-order valence-corrected chi connectivity index (χ3v) is 2.42. The van der Waals surface area contributed by atoms with Gasteiger partial charge in [0.2, 0.25) is 5.91 Å². The molecule has 1 aromatic carbocycles. The molecule has 0 spiro atoms. The smallest absolute Gasteiger partial charge is 0.326 e. The molecular weight excluding hydrogens is 218 g/mol. The molecule has 4 heteroatoms. The standard InChI is InChI=1S/C13H17NO3/c1-2-6-11(13(16)17)14-12(15)9-10-7-4-3-5-8-10/h3-5,7-8,11H,2,6,9H2,1H3,(H,14,15)(H,16,17)/t11-/m1/s1. The summed E-state index contributed by atoms with van der Waals surface area (Å²) < 4.78 is 0. The Morgan fingerprint density at radius 2 is 1.94 bits per heavy atom. The minimum atomic E-state index is -0.978. The van der Waals surface area contributed by atoms with Crippen LogP contribution in [0, 0.1) is 0 Å². The van der Waals surface area contributed by atoms with Crippen molar-refractivity contribution >= 4 is 11.9 Å². The number of benzene rings is 1. The van der Waals surface area contributed by atoms with Gasteiger partial charge in [-0.3, -0.25) is 4.79 Å². The maximum Gasteiger partial charge on any atom is 0.326 e. The molecule has 0 aliphatic heterocycles. The number of aliphatic carboxylic acids is 1. The number of nitrogens with one attached hydrogen (secondary N) is 1. The van der Waals surface area contributed by atoms with Crippen LogP contribution in [-0.4, -0.2) is 23.0 Å². The minimum absolute atomic E-state index is 0.217. The van der Waals surface area contributed by atoms with E-state index in [1.54, 1.807) is 0 Å². The van der Waals surface area contributed by atoms with Crippen molar-refractivity contribution in [1.29, 1.82) is 0 Å². The van der Waals surface area contributed by atoms with E-state index in [0.717, 1.165) is 12.0 Å². The van der Waals surface area contributed by atoms with Gasteiger partial charge >= 0.3 is 5.97 Å². The summed E-state index contributed by atoms with van der Waals surface area (Å²) in [6.45, 7) is 1.89. The van der Waals surface area contributed by atoms with E-state index in [9.17, 15) is 9.59 Å². The summed E-state index contributed by atoms with van der Waals surface area (Å²) in [7, 11) is 0. The molecule has 92 valence electrons. The fourth-order valence-electron chi connectivity index (χ4n) is 1.57. The average molecular weight is 235 g/mol. The fourth-order valence-corrected chi connectivity index (χ4v) is 1.57. The Hall–Kier alpha value is -1.84. The van der Waals surface area contributed by atoms with E-state index in [1.165, 1.54) is 0 Å². The molecule has 1 rings (SSSR count). The van der Waals surface area contributed by atoms with E-state index in [1.807, 2.05) is 37.3 Å². The lowest BCUT2D eigenvalue weighted by Crippen LogP contribution is -2.41. The van der Waals surface area contributed by atoms with Gasteiger partial charge in [0.15, 0.2) is 0 Å². The van der Waals surface area contributed by atoms with Gasteiger partial charge in [-0.25, -0.2) is 4.79 Å². The molecule has 1 aromatic rings. The van der Waals surface area contributed by atoms with Crippen molar-refractivity contribution in [2.24, 2.45) is 0 Å². The van der Waals surface area contributed by atoms with Crippen LogP contribution in [0.3, 0.4) is 0 Å². The van der Waals surface area contributed by atoms with Gasteiger partial charge in [0, 0.05) is 0 Å². The first-order valence-corrected chi connectivity index (χ1v) is 5.69. The Bertz CT molecular complexity index is 376. The molecule has 0 unspecified atom stereocenters. The Balaban J connectivity index is 2.51. The molecular formula is C13H17NO3. The first-order chi connectivity index (χ1) is 8.13. The van der Waals surface area contributed by atoms with Crippen molar-refractivity contribution < 1.29 is 14.7 Å². The van der Waals surface area contributed by atoms with Gasteiger partial charge in [0.1, 0.15) is 6.04 Å². The number of carboxylic acid groups (broad SMARTS) is 1. The monoisotopic (exact) mass is 235 g/mol. The number of hydrogen-bond donors (Lipinski definition) is 2. The van der Waals surface area contributed by atoms with Crippen molar-refractivity contribution in [2.45, 2.75) is 32.2 Å². The van der Waals surface area contributed by atoms with E-state index >= 15 is 0 Å². The van der Waals surface area contributed by atoms with Crippen molar-refractivity contribution in [2.75, 3.05) is 0 Å².